The minimum Gasteiger partial charge on any atom is -0.493 e. The van der Waals surface area contributed by atoms with Crippen molar-refractivity contribution in [2.75, 3.05) is 7.11 Å². The highest BCUT2D eigenvalue weighted by atomic mass is 35.5. The summed E-state index contributed by atoms with van der Waals surface area (Å²) in [6.45, 7) is 3.46. The van der Waals surface area contributed by atoms with Gasteiger partial charge in [-0.15, -0.1) is 0 Å². The lowest BCUT2D eigenvalue weighted by Gasteiger charge is -2.24. The number of methoxy groups -OCH3 is 1. The highest BCUT2D eigenvalue weighted by Gasteiger charge is 2.34. The first-order chi connectivity index (χ1) is 17.1. The molecule has 186 valence electrons. The predicted molar refractivity (Wildman–Crippen MR) is 135 cm³/mol. The molecule has 0 fully saturated rings. The standard InChI is InChI=1S/C26H23ClFN3O4S/c1-15-11-17(20-13-18(27)14-21(28)24(20)35-3)12-16(2)23(15)26(30-25(32)22-9-10-29-31-22)36(33,34)19-7-5-4-6-8-19/h4-14,26H,1-3H3,(H,29,31)(H,30,32). The second-order valence-electron chi connectivity index (χ2n) is 8.17. The Bertz CT molecular complexity index is 1500. The van der Waals surface area contributed by atoms with E-state index in [4.69, 9.17) is 16.3 Å². The molecule has 4 aromatic rings. The summed E-state index contributed by atoms with van der Waals surface area (Å²) in [6, 6.07) is 15.5. The van der Waals surface area contributed by atoms with Crippen LogP contribution >= 0.6 is 11.6 Å². The normalized spacial score (nSPS) is 12.2. The molecular weight excluding hydrogens is 505 g/mol. The number of hydrogen-bond donors (Lipinski definition) is 2. The van der Waals surface area contributed by atoms with Crippen molar-refractivity contribution in [2.24, 2.45) is 0 Å². The fourth-order valence-corrected chi connectivity index (χ4v) is 6.11. The van der Waals surface area contributed by atoms with Crippen molar-refractivity contribution in [3.05, 3.63) is 100 Å². The maximum atomic E-state index is 14.5. The Labute approximate surface area is 213 Å². The molecule has 0 aliphatic heterocycles. The second kappa shape index (κ2) is 10.1. The molecule has 0 bridgehead atoms. The average molecular weight is 528 g/mol. The van der Waals surface area contributed by atoms with Crippen LogP contribution in [0.1, 0.15) is 32.6 Å². The number of aromatic nitrogens is 2. The third-order valence-corrected chi connectivity index (χ3v) is 7.89. The van der Waals surface area contributed by atoms with E-state index in [0.29, 0.717) is 27.8 Å². The Hall–Kier alpha value is -3.69. The minimum absolute atomic E-state index is 0.0203. The van der Waals surface area contributed by atoms with Gasteiger partial charge in [0.1, 0.15) is 5.69 Å². The van der Waals surface area contributed by atoms with Gasteiger partial charge in [0.15, 0.2) is 16.9 Å². The molecule has 36 heavy (non-hydrogen) atoms. The lowest BCUT2D eigenvalue weighted by atomic mass is 9.94. The maximum absolute atomic E-state index is 14.5. The molecule has 1 unspecified atom stereocenters. The number of carbonyl (C=O) groups excluding carboxylic acids is 1. The van der Waals surface area contributed by atoms with Crippen molar-refractivity contribution < 1.29 is 22.3 Å². The summed E-state index contributed by atoms with van der Waals surface area (Å²) in [4.78, 5) is 13.0. The van der Waals surface area contributed by atoms with E-state index in [2.05, 4.69) is 15.5 Å². The minimum atomic E-state index is -4.06. The van der Waals surface area contributed by atoms with Crippen LogP contribution in [0.4, 0.5) is 4.39 Å². The van der Waals surface area contributed by atoms with E-state index in [9.17, 15) is 17.6 Å². The summed E-state index contributed by atoms with van der Waals surface area (Å²) < 4.78 is 47.3. The molecule has 0 aliphatic rings. The van der Waals surface area contributed by atoms with Crippen LogP contribution in [-0.4, -0.2) is 31.6 Å². The van der Waals surface area contributed by atoms with E-state index >= 15 is 0 Å². The van der Waals surface area contributed by atoms with Crippen LogP contribution in [0.5, 0.6) is 5.75 Å². The summed E-state index contributed by atoms with van der Waals surface area (Å²) in [7, 11) is -2.70. The quantitative estimate of drug-likeness (QED) is 0.335. The van der Waals surface area contributed by atoms with E-state index in [-0.39, 0.29) is 21.4 Å². The molecule has 0 radical (unpaired) electrons. The monoisotopic (exact) mass is 527 g/mol. The molecule has 0 saturated carbocycles. The lowest BCUT2D eigenvalue weighted by Crippen LogP contribution is -2.35. The Kier molecular flexibility index (Phi) is 7.14. The predicted octanol–water partition coefficient (Wildman–Crippen LogP) is 5.40. The number of nitrogens with one attached hydrogen (secondary N) is 2. The smallest absolute Gasteiger partial charge is 0.270 e. The summed E-state index contributed by atoms with van der Waals surface area (Å²) in [6.07, 6.45) is 1.40. The first kappa shape index (κ1) is 25.4. The molecule has 0 spiro atoms. The molecule has 1 atom stereocenters. The van der Waals surface area contributed by atoms with E-state index in [1.54, 1.807) is 50.2 Å². The lowest BCUT2D eigenvalue weighted by molar-refractivity contribution is 0.0942. The van der Waals surface area contributed by atoms with Gasteiger partial charge in [-0.3, -0.25) is 9.89 Å². The Morgan fingerprint density at radius 1 is 1.08 bits per heavy atom. The fraction of sp³-hybridized carbons (Fsp3) is 0.154. The van der Waals surface area contributed by atoms with Crippen molar-refractivity contribution in [1.82, 2.24) is 15.5 Å². The van der Waals surface area contributed by atoms with Crippen LogP contribution in [0.25, 0.3) is 11.1 Å². The molecule has 10 heteroatoms. The van der Waals surface area contributed by atoms with Crippen LogP contribution in [0.15, 0.2) is 71.8 Å². The molecule has 1 aromatic heterocycles. The summed E-state index contributed by atoms with van der Waals surface area (Å²) in [5.74, 6) is -1.22. The first-order valence-electron chi connectivity index (χ1n) is 10.9. The van der Waals surface area contributed by atoms with Gasteiger partial charge in [-0.2, -0.15) is 5.10 Å². The summed E-state index contributed by atoms with van der Waals surface area (Å²) in [5, 5.41) is 7.76. The zero-order valence-electron chi connectivity index (χ0n) is 19.7. The van der Waals surface area contributed by atoms with Crippen LogP contribution in [0.3, 0.4) is 0 Å². The van der Waals surface area contributed by atoms with Gasteiger partial charge in [0.2, 0.25) is 9.84 Å². The molecule has 0 saturated heterocycles. The Morgan fingerprint density at radius 2 is 1.75 bits per heavy atom. The zero-order chi connectivity index (χ0) is 26.0. The van der Waals surface area contributed by atoms with Gasteiger partial charge < -0.3 is 10.1 Å². The van der Waals surface area contributed by atoms with Crippen molar-refractivity contribution in [3.63, 3.8) is 0 Å². The number of ether oxygens (including phenoxy) is 1. The number of benzene rings is 3. The number of H-pyrrole nitrogens is 1. The third-order valence-electron chi connectivity index (χ3n) is 5.77. The van der Waals surface area contributed by atoms with Crippen molar-refractivity contribution in [3.8, 4) is 16.9 Å². The van der Waals surface area contributed by atoms with Gasteiger partial charge in [-0.05, 0) is 66.4 Å². The van der Waals surface area contributed by atoms with Crippen LogP contribution in [-0.2, 0) is 9.84 Å². The van der Waals surface area contributed by atoms with Crippen LogP contribution in [0, 0.1) is 19.7 Å². The summed E-state index contributed by atoms with van der Waals surface area (Å²) in [5.41, 5.74) is 2.67. The molecular formula is C26H23ClFN3O4S. The zero-order valence-corrected chi connectivity index (χ0v) is 21.2. The summed E-state index contributed by atoms with van der Waals surface area (Å²) >= 11 is 6.09. The SMILES string of the molecule is COc1c(F)cc(Cl)cc1-c1cc(C)c(C(NC(=O)c2ccn[nH]2)S(=O)(=O)c2ccccc2)c(C)c1. The van der Waals surface area contributed by atoms with Gasteiger partial charge >= 0.3 is 0 Å². The highest BCUT2D eigenvalue weighted by Crippen LogP contribution is 2.39. The van der Waals surface area contributed by atoms with E-state index < -0.39 is 26.9 Å². The van der Waals surface area contributed by atoms with Crippen LogP contribution in [0.2, 0.25) is 5.02 Å². The van der Waals surface area contributed by atoms with E-state index in [1.165, 1.54) is 31.5 Å². The maximum Gasteiger partial charge on any atom is 0.270 e. The number of hydrogen-bond acceptors (Lipinski definition) is 5. The molecule has 4 rings (SSSR count). The van der Waals surface area contributed by atoms with Gasteiger partial charge in [-0.1, -0.05) is 41.9 Å². The first-order valence-corrected chi connectivity index (χ1v) is 12.8. The number of sulfone groups is 1. The number of nitrogens with zero attached hydrogens (tertiary/aromatic N) is 1. The molecule has 7 nitrogen and oxygen atoms in total. The fourth-order valence-electron chi connectivity index (χ4n) is 4.16. The van der Waals surface area contributed by atoms with E-state index in [0.717, 1.165) is 6.07 Å². The Morgan fingerprint density at radius 3 is 2.33 bits per heavy atom. The van der Waals surface area contributed by atoms with Gasteiger partial charge in [0.05, 0.1) is 12.0 Å². The van der Waals surface area contributed by atoms with Crippen molar-refractivity contribution >= 4 is 27.3 Å². The Balaban J connectivity index is 1.88. The highest BCUT2D eigenvalue weighted by molar-refractivity contribution is 7.91. The number of aryl methyl sites for hydroxylation is 2. The topological polar surface area (TPSA) is 101 Å². The van der Waals surface area contributed by atoms with Crippen molar-refractivity contribution in [2.45, 2.75) is 24.1 Å². The molecule has 2 N–H and O–H groups in total. The second-order valence-corrected chi connectivity index (χ2v) is 10.6. The average Bonchev–Trinajstić information content (AvgIpc) is 3.38. The van der Waals surface area contributed by atoms with Crippen LogP contribution < -0.4 is 10.1 Å². The number of amides is 1. The molecule has 1 heterocycles. The number of carbonyl (C=O) groups is 1. The third kappa shape index (κ3) is 4.84. The van der Waals surface area contributed by atoms with Gasteiger partial charge in [0, 0.05) is 16.8 Å². The molecule has 1 amide bonds. The largest absolute Gasteiger partial charge is 0.493 e. The number of aromatic amines is 1. The number of rotatable bonds is 7. The van der Waals surface area contributed by atoms with Gasteiger partial charge in [-0.25, -0.2) is 12.8 Å². The molecule has 0 aliphatic carbocycles. The number of halogens is 2. The van der Waals surface area contributed by atoms with Crippen molar-refractivity contribution in [1.29, 1.82) is 0 Å². The van der Waals surface area contributed by atoms with Gasteiger partial charge in [0.25, 0.3) is 5.91 Å². The molecule has 3 aromatic carbocycles. The van der Waals surface area contributed by atoms with E-state index in [1.807, 2.05) is 0 Å².